The van der Waals surface area contributed by atoms with E-state index >= 15 is 0 Å². The first-order valence-electron chi connectivity index (χ1n) is 11.2. The van der Waals surface area contributed by atoms with Gasteiger partial charge in [0.05, 0.1) is 52.5 Å². The number of piperidine rings is 1. The minimum atomic E-state index is -0.304. The number of imidazole rings is 1. The van der Waals surface area contributed by atoms with Gasteiger partial charge < -0.3 is 23.7 Å². The number of para-hydroxylation sites is 2. The van der Waals surface area contributed by atoms with Crippen LogP contribution in [0.1, 0.15) is 36.2 Å². The number of Topliss-reactive ketones (excluding diaryl/α,β-unsaturated/α-hetero) is 1. The van der Waals surface area contributed by atoms with Gasteiger partial charge >= 0.3 is 5.69 Å². The summed E-state index contributed by atoms with van der Waals surface area (Å²) in [5, 5.41) is 0. The molecule has 1 fully saturated rings. The van der Waals surface area contributed by atoms with Crippen molar-refractivity contribution in [1.29, 1.82) is 0 Å². The maximum absolute atomic E-state index is 13.7. The molecule has 0 radical (unpaired) electrons. The van der Waals surface area contributed by atoms with Gasteiger partial charge in [-0.05, 0) is 19.1 Å². The maximum Gasteiger partial charge on any atom is 0.326 e. The third-order valence-electron chi connectivity index (χ3n) is 7.21. The van der Waals surface area contributed by atoms with Gasteiger partial charge in [-0.15, -0.1) is 0 Å². The molecule has 8 nitrogen and oxygen atoms in total. The Morgan fingerprint density at radius 3 is 2.24 bits per heavy atom. The largest absolute Gasteiger partial charge is 0.496 e. The lowest BCUT2D eigenvalue weighted by molar-refractivity contribution is -0.927. The van der Waals surface area contributed by atoms with Crippen molar-refractivity contribution in [3.05, 3.63) is 52.4 Å². The fraction of sp³-hybridized carbons (Fsp3) is 0.440. The van der Waals surface area contributed by atoms with E-state index in [2.05, 4.69) is 12.0 Å². The van der Waals surface area contributed by atoms with Crippen molar-refractivity contribution in [2.24, 2.45) is 0 Å². The average molecular weight is 455 g/mol. The quantitative estimate of drug-likeness (QED) is 0.437. The van der Waals surface area contributed by atoms with E-state index in [0.717, 1.165) is 37.0 Å². The first-order chi connectivity index (χ1) is 15.8. The van der Waals surface area contributed by atoms with Gasteiger partial charge in [0.25, 0.3) is 0 Å². The molecule has 1 aromatic heterocycles. The van der Waals surface area contributed by atoms with Crippen molar-refractivity contribution in [1.82, 2.24) is 9.55 Å². The van der Waals surface area contributed by atoms with Crippen LogP contribution < -0.4 is 19.9 Å². The SMILES string of the molecule is COc1cc(OC)c(C(=O)C(C)[N+]2(C)CCC(n3c(=O)[nH]c4ccccc43)CC2)c(OC)c1. The monoisotopic (exact) mass is 454 g/mol. The highest BCUT2D eigenvalue weighted by molar-refractivity contribution is 6.04. The van der Waals surface area contributed by atoms with E-state index in [4.69, 9.17) is 14.2 Å². The van der Waals surface area contributed by atoms with E-state index < -0.39 is 0 Å². The highest BCUT2D eigenvalue weighted by Gasteiger charge is 2.41. The Balaban J connectivity index is 1.58. The van der Waals surface area contributed by atoms with Crippen LogP contribution in [0.3, 0.4) is 0 Å². The van der Waals surface area contributed by atoms with Gasteiger partial charge in [0.2, 0.25) is 5.78 Å². The van der Waals surface area contributed by atoms with Gasteiger partial charge in [0.15, 0.2) is 6.04 Å². The molecule has 3 aromatic rings. The number of hydrogen-bond donors (Lipinski definition) is 1. The Hall–Kier alpha value is -3.26. The number of nitrogens with one attached hydrogen (secondary N) is 1. The zero-order valence-corrected chi connectivity index (χ0v) is 19.9. The van der Waals surface area contributed by atoms with Crippen molar-refractivity contribution in [2.75, 3.05) is 41.5 Å². The summed E-state index contributed by atoms with van der Waals surface area (Å²) < 4.78 is 18.8. The minimum Gasteiger partial charge on any atom is -0.496 e. The summed E-state index contributed by atoms with van der Waals surface area (Å²) in [7, 11) is 6.75. The van der Waals surface area contributed by atoms with E-state index in [1.165, 1.54) is 14.2 Å². The maximum atomic E-state index is 13.7. The molecule has 1 N–H and O–H groups in total. The highest BCUT2D eigenvalue weighted by Crippen LogP contribution is 2.37. The number of methoxy groups -OCH3 is 3. The number of fused-ring (bicyclic) bond motifs is 1. The summed E-state index contributed by atoms with van der Waals surface area (Å²) >= 11 is 0. The molecular weight excluding hydrogens is 422 g/mol. The topological polar surface area (TPSA) is 82.5 Å². The molecule has 4 rings (SSSR count). The first kappa shape index (κ1) is 22.9. The lowest BCUT2D eigenvalue weighted by Crippen LogP contribution is -2.58. The van der Waals surface area contributed by atoms with Crippen LogP contribution in [0, 0.1) is 0 Å². The van der Waals surface area contributed by atoms with E-state index in [1.807, 2.05) is 35.8 Å². The van der Waals surface area contributed by atoms with Crippen molar-refractivity contribution >= 4 is 16.8 Å². The molecule has 0 amide bonds. The Bertz CT molecular complexity index is 1200. The molecule has 1 saturated heterocycles. The van der Waals surface area contributed by atoms with Gasteiger partial charge in [0.1, 0.15) is 22.8 Å². The summed E-state index contributed by atoms with van der Waals surface area (Å²) in [6.07, 6.45) is 1.62. The third kappa shape index (κ3) is 3.99. The number of aromatic amines is 1. The number of likely N-dealkylation sites (N-methyl/N-ethyl adjacent to an activating group) is 1. The standard InChI is InChI=1S/C25H31N3O5/c1-16(24(29)23-21(32-4)14-18(31-3)15-22(23)33-5)28(2)12-10-17(11-13-28)27-20-9-7-6-8-19(20)26-25(27)30/h6-9,14-17H,10-13H2,1-5H3/p+1. The molecular formula is C25H32N3O5+. The number of ether oxygens (including phenoxy) is 3. The Morgan fingerprint density at radius 1 is 1.06 bits per heavy atom. The minimum absolute atomic E-state index is 0.0310. The number of likely N-dealkylation sites (tertiary alicyclic amines) is 1. The Morgan fingerprint density at radius 2 is 1.67 bits per heavy atom. The van der Waals surface area contributed by atoms with E-state index in [1.54, 1.807) is 19.2 Å². The van der Waals surface area contributed by atoms with Crippen LogP contribution in [0.5, 0.6) is 17.2 Å². The fourth-order valence-corrected chi connectivity index (χ4v) is 4.97. The molecule has 0 spiro atoms. The second kappa shape index (κ2) is 8.94. The predicted octanol–water partition coefficient (Wildman–Crippen LogP) is 3.41. The number of nitrogens with zero attached hydrogens (tertiary/aromatic N) is 2. The van der Waals surface area contributed by atoms with Gasteiger partial charge in [-0.25, -0.2) is 4.79 Å². The second-order valence-electron chi connectivity index (χ2n) is 8.92. The van der Waals surface area contributed by atoms with Gasteiger partial charge in [-0.1, -0.05) is 12.1 Å². The Labute approximate surface area is 193 Å². The molecule has 2 heterocycles. The van der Waals surface area contributed by atoms with Crippen LogP contribution in [0.2, 0.25) is 0 Å². The van der Waals surface area contributed by atoms with E-state index in [-0.39, 0.29) is 23.6 Å². The van der Waals surface area contributed by atoms with Crippen molar-refractivity contribution in [2.45, 2.75) is 31.8 Å². The number of quaternary nitrogens is 1. The zero-order valence-electron chi connectivity index (χ0n) is 19.9. The zero-order chi connectivity index (χ0) is 23.8. The molecule has 1 unspecified atom stereocenters. The summed E-state index contributed by atoms with van der Waals surface area (Å²) in [4.78, 5) is 29.3. The van der Waals surface area contributed by atoms with Crippen molar-refractivity contribution in [3.63, 3.8) is 0 Å². The van der Waals surface area contributed by atoms with Gasteiger partial charge in [-0.3, -0.25) is 9.36 Å². The lowest BCUT2D eigenvalue weighted by Gasteiger charge is -2.44. The molecule has 0 aliphatic carbocycles. The van der Waals surface area contributed by atoms with Crippen molar-refractivity contribution < 1.29 is 23.5 Å². The molecule has 176 valence electrons. The van der Waals surface area contributed by atoms with Crippen LogP contribution in [0.25, 0.3) is 11.0 Å². The van der Waals surface area contributed by atoms with Crippen LogP contribution in [-0.4, -0.2) is 67.3 Å². The summed E-state index contributed by atoms with van der Waals surface area (Å²) in [5.41, 5.74) is 2.14. The molecule has 0 saturated carbocycles. The number of aromatic nitrogens is 2. The molecule has 33 heavy (non-hydrogen) atoms. The molecule has 2 aromatic carbocycles. The van der Waals surface area contributed by atoms with Gasteiger partial charge in [0, 0.05) is 31.0 Å². The van der Waals surface area contributed by atoms with Crippen LogP contribution in [-0.2, 0) is 0 Å². The normalized spacial score (nSPS) is 21.5. The fourth-order valence-electron chi connectivity index (χ4n) is 4.97. The average Bonchev–Trinajstić information content (AvgIpc) is 3.18. The number of benzene rings is 2. The van der Waals surface area contributed by atoms with Crippen molar-refractivity contribution in [3.8, 4) is 17.2 Å². The number of carbonyl (C=O) groups is 1. The molecule has 1 atom stereocenters. The Kier molecular flexibility index (Phi) is 6.21. The number of carbonyl (C=O) groups excluding carboxylic acids is 1. The summed E-state index contributed by atoms with van der Waals surface area (Å²) in [6.45, 7) is 3.53. The van der Waals surface area contributed by atoms with Gasteiger partial charge in [-0.2, -0.15) is 0 Å². The third-order valence-corrected chi connectivity index (χ3v) is 7.21. The smallest absolute Gasteiger partial charge is 0.326 e. The first-order valence-corrected chi connectivity index (χ1v) is 11.2. The van der Waals surface area contributed by atoms with Crippen LogP contribution in [0.15, 0.2) is 41.2 Å². The highest BCUT2D eigenvalue weighted by atomic mass is 16.5. The number of ketones is 1. The summed E-state index contributed by atoms with van der Waals surface area (Å²) in [6, 6.07) is 11.0. The molecule has 8 heteroatoms. The molecule has 0 bridgehead atoms. The molecule has 1 aliphatic heterocycles. The summed E-state index contributed by atoms with van der Waals surface area (Å²) in [5.74, 6) is 1.42. The number of H-pyrrole nitrogens is 1. The predicted molar refractivity (Wildman–Crippen MR) is 127 cm³/mol. The van der Waals surface area contributed by atoms with E-state index in [9.17, 15) is 9.59 Å². The van der Waals surface area contributed by atoms with Crippen LogP contribution >= 0.6 is 0 Å². The number of rotatable bonds is 7. The number of hydrogen-bond acceptors (Lipinski definition) is 5. The lowest BCUT2D eigenvalue weighted by atomic mass is 9.95. The van der Waals surface area contributed by atoms with E-state index in [0.29, 0.717) is 27.3 Å². The van der Waals surface area contributed by atoms with Crippen LogP contribution in [0.4, 0.5) is 0 Å². The second-order valence-corrected chi connectivity index (χ2v) is 8.92. The molecule has 1 aliphatic rings.